The molecular weight excluding hydrogens is 352 g/mol. The molecule has 0 bridgehead atoms. The number of carbonyl (C=O) groups is 2. The Morgan fingerprint density at radius 3 is 2.32 bits per heavy atom. The van der Waals surface area contributed by atoms with Crippen molar-refractivity contribution in [2.24, 2.45) is 5.92 Å². The minimum Gasteiger partial charge on any atom is -0.484 e. The first-order chi connectivity index (χ1) is 13.6. The molecule has 5 heteroatoms. The van der Waals surface area contributed by atoms with Crippen LogP contribution in [0.3, 0.4) is 0 Å². The number of nitrogens with one attached hydrogen (secondary N) is 2. The van der Waals surface area contributed by atoms with E-state index in [9.17, 15) is 9.59 Å². The first-order valence-electron chi connectivity index (χ1n) is 10.1. The summed E-state index contributed by atoms with van der Waals surface area (Å²) in [6, 6.07) is 14.9. The number of hydrogen-bond acceptors (Lipinski definition) is 3. The summed E-state index contributed by atoms with van der Waals surface area (Å²) in [7, 11) is 0. The molecule has 2 N–H and O–H groups in total. The Morgan fingerprint density at radius 1 is 0.964 bits per heavy atom. The fourth-order valence-electron chi connectivity index (χ4n) is 3.45. The van der Waals surface area contributed by atoms with Gasteiger partial charge in [-0.15, -0.1) is 0 Å². The highest BCUT2D eigenvalue weighted by Crippen LogP contribution is 2.25. The molecule has 1 fully saturated rings. The fourth-order valence-corrected chi connectivity index (χ4v) is 3.45. The van der Waals surface area contributed by atoms with Crippen molar-refractivity contribution in [3.8, 4) is 5.75 Å². The number of aryl methyl sites for hydroxylation is 1. The van der Waals surface area contributed by atoms with Crippen LogP contribution >= 0.6 is 0 Å². The van der Waals surface area contributed by atoms with Crippen LogP contribution in [0, 0.1) is 5.92 Å². The maximum atomic E-state index is 12.4. The average Bonchev–Trinajstić information content (AvgIpc) is 2.73. The minimum absolute atomic E-state index is 0.0653. The Kier molecular flexibility index (Phi) is 7.06. The Morgan fingerprint density at radius 2 is 1.64 bits per heavy atom. The summed E-state index contributed by atoms with van der Waals surface area (Å²) in [6.45, 7) is 2.03. The zero-order valence-electron chi connectivity index (χ0n) is 16.4. The predicted octanol–water partition coefficient (Wildman–Crippen LogP) is 4.79. The molecule has 1 aliphatic carbocycles. The number of hydrogen-bond donors (Lipinski definition) is 2. The summed E-state index contributed by atoms with van der Waals surface area (Å²) in [5.74, 6) is 0.595. The van der Waals surface area contributed by atoms with E-state index in [4.69, 9.17) is 4.74 Å². The smallest absolute Gasteiger partial charge is 0.262 e. The van der Waals surface area contributed by atoms with E-state index in [0.717, 1.165) is 32.1 Å². The van der Waals surface area contributed by atoms with Crippen LogP contribution in [0.4, 0.5) is 11.4 Å². The summed E-state index contributed by atoms with van der Waals surface area (Å²) in [5.41, 5.74) is 2.56. The summed E-state index contributed by atoms with van der Waals surface area (Å²) < 4.78 is 5.53. The number of ether oxygens (including phenoxy) is 1. The molecule has 5 nitrogen and oxygen atoms in total. The average molecular weight is 380 g/mol. The highest BCUT2D eigenvalue weighted by molar-refractivity contribution is 5.95. The minimum atomic E-state index is -0.240. The second kappa shape index (κ2) is 9.93. The molecule has 0 atom stereocenters. The van der Waals surface area contributed by atoms with Gasteiger partial charge >= 0.3 is 0 Å². The third-order valence-electron chi connectivity index (χ3n) is 5.09. The topological polar surface area (TPSA) is 67.4 Å². The van der Waals surface area contributed by atoms with Crippen molar-refractivity contribution in [1.29, 1.82) is 0 Å². The molecule has 28 heavy (non-hydrogen) atoms. The number of benzene rings is 2. The van der Waals surface area contributed by atoms with E-state index in [0.29, 0.717) is 17.1 Å². The first kappa shape index (κ1) is 19.9. The SMILES string of the molecule is CCc1ccc(OCC(=O)Nc2cccc(NC(=O)C3CCCCC3)c2)cc1. The van der Waals surface area contributed by atoms with Crippen LogP contribution in [0.25, 0.3) is 0 Å². The lowest BCUT2D eigenvalue weighted by molar-refractivity contribution is -0.120. The molecule has 148 valence electrons. The lowest BCUT2D eigenvalue weighted by Crippen LogP contribution is -2.25. The third-order valence-corrected chi connectivity index (χ3v) is 5.09. The van der Waals surface area contributed by atoms with Crippen LogP contribution < -0.4 is 15.4 Å². The van der Waals surface area contributed by atoms with Gasteiger partial charge in [-0.25, -0.2) is 0 Å². The Balaban J connectivity index is 1.50. The molecule has 0 spiro atoms. The molecule has 3 rings (SSSR count). The van der Waals surface area contributed by atoms with Gasteiger partial charge in [-0.2, -0.15) is 0 Å². The van der Waals surface area contributed by atoms with E-state index in [1.807, 2.05) is 36.4 Å². The molecule has 0 radical (unpaired) electrons. The molecule has 2 aromatic rings. The van der Waals surface area contributed by atoms with Crippen molar-refractivity contribution in [3.05, 3.63) is 54.1 Å². The van der Waals surface area contributed by atoms with Crippen LogP contribution in [-0.2, 0) is 16.0 Å². The van der Waals surface area contributed by atoms with E-state index >= 15 is 0 Å². The normalized spacial score (nSPS) is 14.3. The van der Waals surface area contributed by atoms with Gasteiger partial charge in [0.05, 0.1) is 0 Å². The molecule has 0 unspecified atom stereocenters. The quantitative estimate of drug-likeness (QED) is 0.726. The molecule has 2 aromatic carbocycles. The second-order valence-corrected chi connectivity index (χ2v) is 7.24. The zero-order chi connectivity index (χ0) is 19.8. The van der Waals surface area contributed by atoms with Gasteiger partial charge in [-0.05, 0) is 55.2 Å². The first-order valence-corrected chi connectivity index (χ1v) is 10.1. The van der Waals surface area contributed by atoms with Crippen LogP contribution in [0.1, 0.15) is 44.6 Å². The summed E-state index contributed by atoms with van der Waals surface area (Å²) in [4.78, 5) is 24.6. The maximum absolute atomic E-state index is 12.4. The lowest BCUT2D eigenvalue weighted by atomic mass is 9.88. The Labute approximate surface area is 166 Å². The molecular formula is C23H28N2O3. The zero-order valence-corrected chi connectivity index (χ0v) is 16.4. The van der Waals surface area contributed by atoms with Crippen LogP contribution in [0.5, 0.6) is 5.75 Å². The van der Waals surface area contributed by atoms with Gasteiger partial charge < -0.3 is 15.4 Å². The van der Waals surface area contributed by atoms with Crippen LogP contribution in [0.15, 0.2) is 48.5 Å². The predicted molar refractivity (Wildman–Crippen MR) is 112 cm³/mol. The Hall–Kier alpha value is -2.82. The van der Waals surface area contributed by atoms with Crippen molar-refractivity contribution in [3.63, 3.8) is 0 Å². The van der Waals surface area contributed by atoms with Gasteiger partial charge in [0.15, 0.2) is 6.61 Å². The summed E-state index contributed by atoms with van der Waals surface area (Å²) in [5, 5.41) is 5.79. The van der Waals surface area contributed by atoms with Crippen molar-refractivity contribution in [1.82, 2.24) is 0 Å². The number of amides is 2. The third kappa shape index (κ3) is 5.84. The van der Waals surface area contributed by atoms with E-state index in [2.05, 4.69) is 17.6 Å². The summed E-state index contributed by atoms with van der Waals surface area (Å²) in [6.07, 6.45) is 6.34. The van der Waals surface area contributed by atoms with Gasteiger partial charge in [0.2, 0.25) is 5.91 Å². The number of rotatable bonds is 7. The van der Waals surface area contributed by atoms with Gasteiger partial charge in [-0.3, -0.25) is 9.59 Å². The monoisotopic (exact) mass is 380 g/mol. The van der Waals surface area contributed by atoms with Crippen molar-refractivity contribution in [2.75, 3.05) is 17.2 Å². The van der Waals surface area contributed by atoms with Gasteiger partial charge in [0.25, 0.3) is 5.91 Å². The van der Waals surface area contributed by atoms with Crippen LogP contribution in [0.2, 0.25) is 0 Å². The maximum Gasteiger partial charge on any atom is 0.262 e. The summed E-state index contributed by atoms with van der Waals surface area (Å²) >= 11 is 0. The highest BCUT2D eigenvalue weighted by atomic mass is 16.5. The molecule has 1 saturated carbocycles. The van der Waals surface area contributed by atoms with Gasteiger partial charge in [0, 0.05) is 17.3 Å². The van der Waals surface area contributed by atoms with Crippen molar-refractivity contribution in [2.45, 2.75) is 45.4 Å². The molecule has 0 aromatic heterocycles. The van der Waals surface area contributed by atoms with Gasteiger partial charge in [0.1, 0.15) is 5.75 Å². The molecule has 2 amide bonds. The second-order valence-electron chi connectivity index (χ2n) is 7.24. The lowest BCUT2D eigenvalue weighted by Gasteiger charge is -2.20. The van der Waals surface area contributed by atoms with E-state index < -0.39 is 0 Å². The standard InChI is InChI=1S/C23H28N2O3/c1-2-17-11-13-21(14-12-17)28-16-22(26)24-19-9-6-10-20(15-19)25-23(27)18-7-4-3-5-8-18/h6,9-15,18H,2-5,7-8,16H2,1H3,(H,24,26)(H,25,27). The van der Waals surface area contributed by atoms with Gasteiger partial charge in [-0.1, -0.05) is 44.4 Å². The molecule has 0 saturated heterocycles. The highest BCUT2D eigenvalue weighted by Gasteiger charge is 2.21. The largest absolute Gasteiger partial charge is 0.484 e. The van der Waals surface area contributed by atoms with Crippen molar-refractivity contribution >= 4 is 23.2 Å². The Bertz CT molecular complexity index is 796. The fraction of sp³-hybridized carbons (Fsp3) is 0.391. The van der Waals surface area contributed by atoms with E-state index in [-0.39, 0.29) is 24.3 Å². The molecule has 0 aliphatic heterocycles. The molecule has 0 heterocycles. The van der Waals surface area contributed by atoms with Crippen LogP contribution in [-0.4, -0.2) is 18.4 Å². The molecule has 1 aliphatic rings. The van der Waals surface area contributed by atoms with E-state index in [1.54, 1.807) is 12.1 Å². The number of carbonyl (C=O) groups excluding carboxylic acids is 2. The van der Waals surface area contributed by atoms with Crippen molar-refractivity contribution < 1.29 is 14.3 Å². The van der Waals surface area contributed by atoms with E-state index in [1.165, 1.54) is 12.0 Å². The number of anilines is 2.